The van der Waals surface area contributed by atoms with Crippen LogP contribution >= 0.6 is 0 Å². The molecule has 5 nitrogen and oxygen atoms in total. The average molecular weight is 288 g/mol. The fourth-order valence-corrected chi connectivity index (χ4v) is 2.30. The van der Waals surface area contributed by atoms with Gasteiger partial charge in [0.1, 0.15) is 17.1 Å². The van der Waals surface area contributed by atoms with Gasteiger partial charge in [-0.15, -0.1) is 0 Å². The van der Waals surface area contributed by atoms with Gasteiger partial charge in [-0.25, -0.2) is 0 Å². The molecule has 0 bridgehead atoms. The minimum Gasteiger partial charge on any atom is -0.496 e. The Labute approximate surface area is 124 Å². The molecule has 0 aliphatic heterocycles. The number of methoxy groups -OCH3 is 2. The first kappa shape index (κ1) is 15.0. The van der Waals surface area contributed by atoms with Crippen LogP contribution in [-0.2, 0) is 6.54 Å². The normalized spacial score (nSPS) is 10.3. The number of benzene rings is 1. The van der Waals surface area contributed by atoms with Crippen molar-refractivity contribution >= 4 is 5.91 Å². The number of hydrogen-bond acceptors (Lipinski definition) is 3. The molecule has 112 valence electrons. The fraction of sp³-hybridized carbons (Fsp3) is 0.312. The highest BCUT2D eigenvalue weighted by molar-refractivity contribution is 5.99. The number of aromatic amines is 1. The molecule has 0 spiro atoms. The number of carbonyl (C=O) groups excluding carboxylic acids is 1. The second-order valence-electron chi connectivity index (χ2n) is 4.82. The number of carbonyl (C=O) groups is 1. The molecule has 0 aliphatic carbocycles. The first-order valence-corrected chi connectivity index (χ1v) is 6.71. The minimum absolute atomic E-state index is 0.220. The third kappa shape index (κ3) is 3.18. The summed E-state index contributed by atoms with van der Waals surface area (Å²) in [4.78, 5) is 15.6. The van der Waals surface area contributed by atoms with Crippen molar-refractivity contribution < 1.29 is 14.3 Å². The van der Waals surface area contributed by atoms with Gasteiger partial charge in [0.2, 0.25) is 0 Å². The topological polar surface area (TPSA) is 63.4 Å². The Balaban J connectivity index is 2.19. The number of amides is 1. The molecular weight excluding hydrogens is 268 g/mol. The van der Waals surface area contributed by atoms with Crippen LogP contribution in [0, 0.1) is 13.8 Å². The molecule has 2 rings (SSSR count). The third-order valence-electron chi connectivity index (χ3n) is 3.35. The molecule has 0 fully saturated rings. The molecular formula is C16H20N2O3. The van der Waals surface area contributed by atoms with Crippen LogP contribution in [0.4, 0.5) is 0 Å². The minimum atomic E-state index is -0.220. The van der Waals surface area contributed by atoms with E-state index >= 15 is 0 Å². The summed E-state index contributed by atoms with van der Waals surface area (Å²) in [6, 6.07) is 7.29. The molecule has 5 heteroatoms. The number of H-pyrrole nitrogens is 1. The second-order valence-corrected chi connectivity index (χ2v) is 4.82. The zero-order valence-electron chi connectivity index (χ0n) is 12.7. The van der Waals surface area contributed by atoms with Gasteiger partial charge in [0.15, 0.2) is 0 Å². The Morgan fingerprint density at radius 3 is 2.29 bits per heavy atom. The van der Waals surface area contributed by atoms with Crippen molar-refractivity contribution in [2.24, 2.45) is 0 Å². The van der Waals surface area contributed by atoms with Gasteiger partial charge >= 0.3 is 0 Å². The zero-order valence-corrected chi connectivity index (χ0v) is 12.7. The van der Waals surface area contributed by atoms with Gasteiger partial charge in [0.25, 0.3) is 5.91 Å². The maximum atomic E-state index is 12.4. The van der Waals surface area contributed by atoms with Crippen molar-refractivity contribution in [3.8, 4) is 11.5 Å². The quantitative estimate of drug-likeness (QED) is 0.889. The summed E-state index contributed by atoms with van der Waals surface area (Å²) in [5, 5.41) is 2.90. The molecule has 2 N–H and O–H groups in total. The lowest BCUT2D eigenvalue weighted by Gasteiger charge is -2.12. The Morgan fingerprint density at radius 1 is 1.19 bits per heavy atom. The Morgan fingerprint density at radius 2 is 1.81 bits per heavy atom. The highest BCUT2D eigenvalue weighted by atomic mass is 16.5. The van der Waals surface area contributed by atoms with E-state index in [0.717, 1.165) is 17.0 Å². The van der Waals surface area contributed by atoms with E-state index in [9.17, 15) is 4.79 Å². The summed E-state index contributed by atoms with van der Waals surface area (Å²) in [7, 11) is 3.07. The molecule has 0 radical (unpaired) electrons. The summed E-state index contributed by atoms with van der Waals surface area (Å²) in [6.45, 7) is 4.43. The molecule has 2 aromatic rings. The number of rotatable bonds is 5. The van der Waals surface area contributed by atoms with E-state index in [1.807, 2.05) is 19.9 Å². The van der Waals surface area contributed by atoms with Crippen LogP contribution in [-0.4, -0.2) is 25.1 Å². The van der Waals surface area contributed by atoms with Crippen LogP contribution < -0.4 is 14.8 Å². The zero-order chi connectivity index (χ0) is 15.4. The Hall–Kier alpha value is -2.43. The van der Waals surface area contributed by atoms with E-state index in [4.69, 9.17) is 9.47 Å². The molecule has 0 atom stereocenters. The largest absolute Gasteiger partial charge is 0.496 e. The summed E-state index contributed by atoms with van der Waals surface area (Å²) >= 11 is 0. The van der Waals surface area contributed by atoms with Gasteiger partial charge in [-0.2, -0.15) is 0 Å². The first-order chi connectivity index (χ1) is 10.1. The number of ether oxygens (including phenoxy) is 2. The summed E-state index contributed by atoms with van der Waals surface area (Å²) in [6.07, 6.45) is 0. The van der Waals surface area contributed by atoms with Gasteiger partial charge in [-0.05, 0) is 37.6 Å². The molecule has 1 amide bonds. The standard InChI is InChI=1S/C16H20N2O3/c1-10-8-12(11(2)18-10)9-17-16(19)15-13(20-3)6-5-7-14(15)21-4/h5-8,18H,9H2,1-4H3,(H,17,19). The van der Waals surface area contributed by atoms with Crippen molar-refractivity contribution in [1.82, 2.24) is 10.3 Å². The predicted octanol–water partition coefficient (Wildman–Crippen LogP) is 2.58. The average Bonchev–Trinajstić information content (AvgIpc) is 2.81. The predicted molar refractivity (Wildman–Crippen MR) is 81.0 cm³/mol. The van der Waals surface area contributed by atoms with E-state index in [0.29, 0.717) is 23.6 Å². The fourth-order valence-electron chi connectivity index (χ4n) is 2.30. The lowest BCUT2D eigenvalue weighted by molar-refractivity contribution is 0.0944. The monoisotopic (exact) mass is 288 g/mol. The van der Waals surface area contributed by atoms with E-state index < -0.39 is 0 Å². The molecule has 1 aromatic carbocycles. The van der Waals surface area contributed by atoms with Crippen molar-refractivity contribution in [2.75, 3.05) is 14.2 Å². The molecule has 0 saturated heterocycles. The molecule has 1 heterocycles. The van der Waals surface area contributed by atoms with E-state index in [1.54, 1.807) is 18.2 Å². The molecule has 0 unspecified atom stereocenters. The number of hydrogen-bond donors (Lipinski definition) is 2. The first-order valence-electron chi connectivity index (χ1n) is 6.71. The second kappa shape index (κ2) is 6.35. The van der Waals surface area contributed by atoms with Crippen LogP contribution in [0.3, 0.4) is 0 Å². The van der Waals surface area contributed by atoms with Crippen molar-refractivity contribution in [3.63, 3.8) is 0 Å². The molecule has 0 saturated carbocycles. The number of aryl methyl sites for hydroxylation is 2. The van der Waals surface area contributed by atoms with Crippen LogP contribution in [0.5, 0.6) is 11.5 Å². The number of aromatic nitrogens is 1. The van der Waals surface area contributed by atoms with Gasteiger partial charge in [-0.3, -0.25) is 4.79 Å². The summed E-state index contributed by atoms with van der Waals surface area (Å²) < 4.78 is 10.5. The summed E-state index contributed by atoms with van der Waals surface area (Å²) in [5.74, 6) is 0.769. The highest BCUT2D eigenvalue weighted by Gasteiger charge is 2.18. The van der Waals surface area contributed by atoms with Crippen molar-refractivity contribution in [1.29, 1.82) is 0 Å². The lowest BCUT2D eigenvalue weighted by atomic mass is 10.1. The van der Waals surface area contributed by atoms with E-state index in [-0.39, 0.29) is 5.91 Å². The smallest absolute Gasteiger partial charge is 0.259 e. The Bertz CT molecular complexity index is 625. The van der Waals surface area contributed by atoms with Crippen LogP contribution in [0.15, 0.2) is 24.3 Å². The van der Waals surface area contributed by atoms with Gasteiger partial charge in [-0.1, -0.05) is 6.07 Å². The van der Waals surface area contributed by atoms with Crippen LogP contribution in [0.2, 0.25) is 0 Å². The number of nitrogens with one attached hydrogen (secondary N) is 2. The van der Waals surface area contributed by atoms with Gasteiger partial charge < -0.3 is 19.8 Å². The van der Waals surface area contributed by atoms with E-state index in [1.165, 1.54) is 14.2 Å². The van der Waals surface area contributed by atoms with Crippen LogP contribution in [0.25, 0.3) is 0 Å². The highest BCUT2D eigenvalue weighted by Crippen LogP contribution is 2.28. The maximum Gasteiger partial charge on any atom is 0.259 e. The van der Waals surface area contributed by atoms with Crippen LogP contribution in [0.1, 0.15) is 27.3 Å². The molecule has 0 aliphatic rings. The SMILES string of the molecule is COc1cccc(OC)c1C(=O)NCc1cc(C)[nH]c1C. The molecule has 21 heavy (non-hydrogen) atoms. The Kier molecular flexibility index (Phi) is 4.52. The third-order valence-corrected chi connectivity index (χ3v) is 3.35. The lowest BCUT2D eigenvalue weighted by Crippen LogP contribution is -2.24. The van der Waals surface area contributed by atoms with Gasteiger partial charge in [0, 0.05) is 17.9 Å². The van der Waals surface area contributed by atoms with Crippen molar-refractivity contribution in [2.45, 2.75) is 20.4 Å². The van der Waals surface area contributed by atoms with E-state index in [2.05, 4.69) is 10.3 Å². The van der Waals surface area contributed by atoms with Gasteiger partial charge in [0.05, 0.1) is 14.2 Å². The van der Waals surface area contributed by atoms with Crippen molar-refractivity contribution in [3.05, 3.63) is 46.8 Å². The maximum absolute atomic E-state index is 12.4. The summed E-state index contributed by atoms with van der Waals surface area (Å²) in [5.41, 5.74) is 3.61. The molecule has 1 aromatic heterocycles.